The van der Waals surface area contributed by atoms with Gasteiger partial charge < -0.3 is 9.73 Å². The summed E-state index contributed by atoms with van der Waals surface area (Å²) in [7, 11) is 0. The summed E-state index contributed by atoms with van der Waals surface area (Å²) < 4.78 is 5.21. The van der Waals surface area contributed by atoms with Gasteiger partial charge in [0.2, 0.25) is 0 Å². The van der Waals surface area contributed by atoms with Crippen molar-refractivity contribution in [1.29, 1.82) is 0 Å². The molecule has 0 aliphatic heterocycles. The molecule has 0 aliphatic carbocycles. The first-order valence-corrected chi connectivity index (χ1v) is 6.38. The molecule has 0 saturated heterocycles. The second-order valence-corrected chi connectivity index (χ2v) is 4.64. The number of halogens is 1. The minimum absolute atomic E-state index is 0.0446. The van der Waals surface area contributed by atoms with Gasteiger partial charge in [-0.1, -0.05) is 11.6 Å². The molecule has 8 heteroatoms. The monoisotopic (exact) mass is 304 g/mol. The van der Waals surface area contributed by atoms with Gasteiger partial charge >= 0.3 is 0 Å². The molecule has 0 bridgehead atoms. The van der Waals surface area contributed by atoms with Crippen molar-refractivity contribution in [2.75, 3.05) is 5.32 Å². The average molecular weight is 305 g/mol. The van der Waals surface area contributed by atoms with Crippen LogP contribution in [0.1, 0.15) is 5.76 Å². The van der Waals surface area contributed by atoms with Crippen molar-refractivity contribution in [3.05, 3.63) is 57.8 Å². The molecule has 7 nitrogen and oxygen atoms in total. The molecule has 21 heavy (non-hydrogen) atoms. The molecule has 0 atom stereocenters. The number of nitrogens with zero attached hydrogens (tertiary/aromatic N) is 3. The second-order valence-electron chi connectivity index (χ2n) is 4.23. The Morgan fingerprint density at radius 1 is 1.38 bits per heavy atom. The number of hydrogen-bond donors (Lipinski definition) is 1. The predicted octanol–water partition coefficient (Wildman–Crippen LogP) is 3.40. The van der Waals surface area contributed by atoms with Crippen molar-refractivity contribution in [3.8, 4) is 0 Å². The van der Waals surface area contributed by atoms with Crippen molar-refractivity contribution in [3.63, 3.8) is 0 Å². The largest absolute Gasteiger partial charge is 0.467 e. The van der Waals surface area contributed by atoms with Crippen molar-refractivity contribution in [2.45, 2.75) is 6.54 Å². The maximum Gasteiger partial charge on any atom is 0.288 e. The van der Waals surface area contributed by atoms with Gasteiger partial charge in [0, 0.05) is 11.5 Å². The maximum atomic E-state index is 11.0. The highest BCUT2D eigenvalue weighted by molar-refractivity contribution is 6.33. The SMILES string of the molecule is O=[N+]([O-])c1cc2c(NCc3ccco3)ncnc2cc1Cl. The Kier molecular flexibility index (Phi) is 3.41. The van der Waals surface area contributed by atoms with Crippen molar-refractivity contribution < 1.29 is 9.34 Å². The van der Waals surface area contributed by atoms with Gasteiger partial charge in [-0.3, -0.25) is 10.1 Å². The number of anilines is 1. The number of benzene rings is 1. The third-order valence-electron chi connectivity index (χ3n) is 2.91. The standard InChI is InChI=1S/C13H9ClN4O3/c14-10-5-11-9(4-12(10)18(19)20)13(17-7-16-11)15-6-8-2-1-3-21-8/h1-5,7H,6H2,(H,15,16,17). The fourth-order valence-electron chi connectivity index (χ4n) is 1.93. The van der Waals surface area contributed by atoms with Gasteiger partial charge in [-0.15, -0.1) is 0 Å². The molecule has 0 spiro atoms. The number of fused-ring (bicyclic) bond motifs is 1. The third kappa shape index (κ3) is 2.63. The van der Waals surface area contributed by atoms with Crippen LogP contribution in [0.5, 0.6) is 0 Å². The summed E-state index contributed by atoms with van der Waals surface area (Å²) in [6.45, 7) is 0.412. The predicted molar refractivity (Wildman–Crippen MR) is 77.2 cm³/mol. The van der Waals surface area contributed by atoms with Crippen molar-refractivity contribution in [1.82, 2.24) is 9.97 Å². The minimum atomic E-state index is -0.537. The Bertz CT molecular complexity index is 805. The van der Waals surface area contributed by atoms with Crippen LogP contribution in [0.15, 0.2) is 41.3 Å². The van der Waals surface area contributed by atoms with E-state index in [4.69, 9.17) is 16.0 Å². The molecule has 0 aliphatic rings. The van der Waals surface area contributed by atoms with Gasteiger partial charge in [0.1, 0.15) is 22.9 Å². The molecule has 1 N–H and O–H groups in total. The van der Waals surface area contributed by atoms with E-state index in [0.717, 1.165) is 5.76 Å². The Labute approximate surface area is 123 Å². The smallest absolute Gasteiger partial charge is 0.288 e. The number of rotatable bonds is 4. The summed E-state index contributed by atoms with van der Waals surface area (Å²) in [6, 6.07) is 6.41. The Morgan fingerprint density at radius 3 is 2.95 bits per heavy atom. The molecule has 3 aromatic rings. The summed E-state index contributed by atoms with van der Waals surface area (Å²) in [5.41, 5.74) is 0.350. The fraction of sp³-hybridized carbons (Fsp3) is 0.0769. The van der Waals surface area contributed by atoms with E-state index in [0.29, 0.717) is 23.3 Å². The van der Waals surface area contributed by atoms with E-state index in [-0.39, 0.29) is 10.7 Å². The lowest BCUT2D eigenvalue weighted by Gasteiger charge is -2.07. The maximum absolute atomic E-state index is 11.0. The van der Waals surface area contributed by atoms with Gasteiger partial charge in [0.15, 0.2) is 0 Å². The number of aromatic nitrogens is 2. The number of nitro groups is 1. The van der Waals surface area contributed by atoms with Gasteiger partial charge in [-0.25, -0.2) is 9.97 Å². The van der Waals surface area contributed by atoms with E-state index >= 15 is 0 Å². The first-order valence-electron chi connectivity index (χ1n) is 6.00. The van der Waals surface area contributed by atoms with Crippen LogP contribution in [0.25, 0.3) is 10.9 Å². The Hall–Kier alpha value is -2.67. The van der Waals surface area contributed by atoms with E-state index in [1.807, 2.05) is 6.07 Å². The van der Waals surface area contributed by atoms with Gasteiger partial charge in [-0.05, 0) is 18.2 Å². The van der Waals surface area contributed by atoms with Crippen LogP contribution in [0.2, 0.25) is 5.02 Å². The quantitative estimate of drug-likeness (QED) is 0.586. The number of nitrogens with one attached hydrogen (secondary N) is 1. The van der Waals surface area contributed by atoms with E-state index in [2.05, 4.69) is 15.3 Å². The highest BCUT2D eigenvalue weighted by Gasteiger charge is 2.16. The summed E-state index contributed by atoms with van der Waals surface area (Å²) in [5, 5.41) is 14.6. The summed E-state index contributed by atoms with van der Waals surface area (Å²) >= 11 is 5.87. The highest BCUT2D eigenvalue weighted by atomic mass is 35.5. The minimum Gasteiger partial charge on any atom is -0.467 e. The zero-order valence-electron chi connectivity index (χ0n) is 10.6. The van der Waals surface area contributed by atoms with E-state index < -0.39 is 4.92 Å². The lowest BCUT2D eigenvalue weighted by molar-refractivity contribution is -0.384. The van der Waals surface area contributed by atoms with Gasteiger partial charge in [-0.2, -0.15) is 0 Å². The first kappa shape index (κ1) is 13.3. The molecular weight excluding hydrogens is 296 g/mol. The number of nitro benzene ring substituents is 1. The molecule has 3 rings (SSSR count). The lowest BCUT2D eigenvalue weighted by Crippen LogP contribution is -2.02. The zero-order chi connectivity index (χ0) is 14.8. The van der Waals surface area contributed by atoms with Crippen LogP contribution < -0.4 is 5.32 Å². The van der Waals surface area contributed by atoms with Gasteiger partial charge in [0.05, 0.1) is 23.2 Å². The molecule has 1 aromatic carbocycles. The van der Waals surface area contributed by atoms with Crippen molar-refractivity contribution >= 4 is 34.0 Å². The Morgan fingerprint density at radius 2 is 2.24 bits per heavy atom. The van der Waals surface area contributed by atoms with E-state index in [9.17, 15) is 10.1 Å². The average Bonchev–Trinajstić information content (AvgIpc) is 2.97. The van der Waals surface area contributed by atoms with Crippen LogP contribution in [-0.4, -0.2) is 14.9 Å². The van der Waals surface area contributed by atoms with Crippen molar-refractivity contribution in [2.24, 2.45) is 0 Å². The summed E-state index contributed by atoms with van der Waals surface area (Å²) in [5.74, 6) is 1.21. The van der Waals surface area contributed by atoms with E-state index in [1.54, 1.807) is 12.3 Å². The molecular formula is C13H9ClN4O3. The van der Waals surface area contributed by atoms with Crippen LogP contribution in [0.4, 0.5) is 11.5 Å². The van der Waals surface area contributed by atoms with Gasteiger partial charge in [0.25, 0.3) is 5.69 Å². The lowest BCUT2D eigenvalue weighted by atomic mass is 10.2. The molecule has 0 saturated carbocycles. The van der Waals surface area contributed by atoms with Crippen LogP contribution >= 0.6 is 11.6 Å². The zero-order valence-corrected chi connectivity index (χ0v) is 11.4. The second kappa shape index (κ2) is 5.37. The first-order chi connectivity index (χ1) is 10.1. The summed E-state index contributed by atoms with van der Waals surface area (Å²) in [6.07, 6.45) is 2.94. The number of furan rings is 1. The van der Waals surface area contributed by atoms with Crippen LogP contribution in [0.3, 0.4) is 0 Å². The molecule has 0 radical (unpaired) electrons. The molecule has 0 fully saturated rings. The molecule has 106 valence electrons. The normalized spacial score (nSPS) is 10.7. The molecule has 2 heterocycles. The highest BCUT2D eigenvalue weighted by Crippen LogP contribution is 2.31. The molecule has 0 amide bonds. The molecule has 0 unspecified atom stereocenters. The van der Waals surface area contributed by atoms with Crippen LogP contribution in [-0.2, 0) is 6.54 Å². The van der Waals surface area contributed by atoms with E-state index in [1.165, 1.54) is 18.5 Å². The third-order valence-corrected chi connectivity index (χ3v) is 3.21. The number of hydrogen-bond acceptors (Lipinski definition) is 6. The summed E-state index contributed by atoms with van der Waals surface area (Å²) in [4.78, 5) is 18.6. The fourth-order valence-corrected chi connectivity index (χ4v) is 2.16. The molecule has 2 aromatic heterocycles. The van der Waals surface area contributed by atoms with Crippen LogP contribution in [0, 0.1) is 10.1 Å². The topological polar surface area (TPSA) is 94.1 Å². The Balaban J connectivity index is 2.01.